The average molecular weight is 1230 g/mol. The lowest BCUT2D eigenvalue weighted by Crippen LogP contribution is -2.48. The zero-order chi connectivity index (χ0) is 59.1. The molecule has 2 aromatic carbocycles. The first-order valence-electron chi connectivity index (χ1n) is 26.7. The van der Waals surface area contributed by atoms with Crippen LogP contribution in [0.1, 0.15) is 6.92 Å². The Hall–Kier alpha value is -7.52. The number of fused-ring (bicyclic) bond motifs is 4. The summed E-state index contributed by atoms with van der Waals surface area (Å²) < 4.78 is 59.8. The van der Waals surface area contributed by atoms with Crippen molar-refractivity contribution in [1.82, 2.24) is 69.9 Å². The van der Waals surface area contributed by atoms with Gasteiger partial charge in [-0.1, -0.05) is 66.5 Å². The number of ether oxygens (including phenoxy) is 5. The number of amides is 2. The molecule has 23 nitrogen and oxygen atoms in total. The van der Waals surface area contributed by atoms with Gasteiger partial charge >= 0.3 is 12.0 Å². The number of pyridine rings is 2. The van der Waals surface area contributed by atoms with E-state index in [2.05, 4.69) is 65.2 Å². The lowest BCUT2D eigenvalue weighted by atomic mass is 10.1. The van der Waals surface area contributed by atoms with Crippen molar-refractivity contribution in [3.63, 3.8) is 0 Å². The number of aromatic nitrogens is 10. The fraction of sp³-hybridized carbons (Fsp3) is 0.382. The zero-order valence-electron chi connectivity index (χ0n) is 45.9. The molecule has 4 saturated heterocycles. The van der Waals surface area contributed by atoms with E-state index in [1.807, 2.05) is 23.9 Å². The third-order valence-electron chi connectivity index (χ3n) is 15.1. The highest BCUT2D eigenvalue weighted by atomic mass is 35.5. The molecule has 8 aromatic rings. The van der Waals surface area contributed by atoms with Crippen molar-refractivity contribution in [2.24, 2.45) is 11.8 Å². The second-order valence-electron chi connectivity index (χ2n) is 20.8. The van der Waals surface area contributed by atoms with E-state index in [1.165, 1.54) is 36.7 Å². The summed E-state index contributed by atoms with van der Waals surface area (Å²) in [5.74, 6) is -0.151. The number of halogens is 6. The van der Waals surface area contributed by atoms with Crippen LogP contribution in [0.4, 0.5) is 20.4 Å². The SMILES string of the molecule is C=CC(=O)N1CCN(c2nc(OC3CN(C)C[C@H]3C)nc3c(Oc4c(Cl)c(F)cc5[nH]ncc45)nc(Cl)cc23)CC1.C=CC(=O)N1CCN(c2nc(OC[C@H]3CN(C)C[C@@H]3OC)nc3c(Oc4c(Cl)c(F)cc5[nH]ncc45)nc(Cl)cc23)CC1. The second-order valence-corrected chi connectivity index (χ2v) is 22.3. The number of likely N-dealkylation sites (N-methyl/N-ethyl adjacent to an activating group) is 2. The molecule has 10 heterocycles. The third kappa shape index (κ3) is 11.9. The molecule has 1 unspecified atom stereocenters. The molecule has 4 aliphatic rings. The summed E-state index contributed by atoms with van der Waals surface area (Å²) in [5, 5.41) is 15.2. The average Bonchev–Trinajstić information content (AvgIpc) is 3.50. The molecule has 29 heteroatoms. The van der Waals surface area contributed by atoms with Crippen molar-refractivity contribution in [3.05, 3.63) is 94.0 Å². The molecule has 4 aliphatic heterocycles. The quantitative estimate of drug-likeness (QED) is 0.0770. The van der Waals surface area contributed by atoms with Gasteiger partial charge in [-0.25, -0.2) is 8.78 Å². The second kappa shape index (κ2) is 24.6. The van der Waals surface area contributed by atoms with Crippen molar-refractivity contribution in [2.45, 2.75) is 19.1 Å². The fourth-order valence-electron chi connectivity index (χ4n) is 10.9. The summed E-state index contributed by atoms with van der Waals surface area (Å²) in [6.45, 7) is 16.7. The van der Waals surface area contributed by atoms with Crippen LogP contribution in [-0.2, 0) is 14.3 Å². The van der Waals surface area contributed by atoms with E-state index < -0.39 is 11.6 Å². The molecule has 2 N–H and O–H groups in total. The van der Waals surface area contributed by atoms with E-state index in [0.717, 1.165) is 26.2 Å². The number of carbonyl (C=O) groups is 2. The Morgan fingerprint density at radius 3 is 1.56 bits per heavy atom. The molecule has 4 fully saturated rings. The minimum atomic E-state index is -0.694. The van der Waals surface area contributed by atoms with Gasteiger partial charge in [0.1, 0.15) is 60.8 Å². The standard InChI is InChI=1S/C28H29Cl2FN8O4.C27H27Cl2FN8O3/c1-4-22(40)38-5-7-39(8-6-38)26-16-9-21(29)33-27(43-25-17-11-32-36-19(17)10-18(31)23(25)30)24(16)34-28(35-26)42-14-15-12-37(2)13-20(15)41-3;1-4-21(39)37-5-7-38(8-6-37)25-15-9-20(28)32-26(41-24-16-11-31-35-18(16)10-17(30)22(24)29)23(15)33-27(34-25)40-19-13-36(3)12-14(19)2/h4,9-11,15,20H,1,5-8,12-14H2,2-3H3,(H,32,36);4,9-11,14,19H,1,5-8,12-13H2,2-3H3,(H,31,35)/t15-,20+;14-,19?/m11/s1. The van der Waals surface area contributed by atoms with Crippen LogP contribution in [-0.4, -0.2) is 200 Å². The highest BCUT2D eigenvalue weighted by Crippen LogP contribution is 2.44. The molecule has 0 radical (unpaired) electrons. The minimum absolute atomic E-state index is 0.00672. The highest BCUT2D eigenvalue weighted by Gasteiger charge is 2.34. The Bertz CT molecular complexity index is 3850. The molecule has 2 amide bonds. The summed E-state index contributed by atoms with van der Waals surface area (Å²) >= 11 is 25.6. The van der Waals surface area contributed by atoms with Crippen LogP contribution in [0.2, 0.25) is 20.4 Å². The maximum Gasteiger partial charge on any atom is 0.319 e. The molecule has 0 spiro atoms. The largest absolute Gasteiger partial charge is 0.463 e. The van der Waals surface area contributed by atoms with Gasteiger partial charge in [0.05, 0.1) is 57.7 Å². The number of likely N-dealkylation sites (tertiary alicyclic amines) is 2. The number of nitrogens with one attached hydrogen (secondary N) is 2. The van der Waals surface area contributed by atoms with Gasteiger partial charge in [-0.2, -0.15) is 40.1 Å². The molecule has 12 rings (SSSR count). The summed E-state index contributed by atoms with van der Waals surface area (Å²) in [6, 6.07) is 6.01. The molecule has 84 heavy (non-hydrogen) atoms. The van der Waals surface area contributed by atoms with Gasteiger partial charge in [0.15, 0.2) is 11.5 Å². The van der Waals surface area contributed by atoms with Gasteiger partial charge in [0, 0.05) is 110 Å². The Morgan fingerprint density at radius 1 is 0.631 bits per heavy atom. The molecule has 0 saturated carbocycles. The number of anilines is 2. The molecular weight excluding hydrogens is 1180 g/mol. The molecule has 0 bridgehead atoms. The maximum absolute atomic E-state index is 14.7. The zero-order valence-corrected chi connectivity index (χ0v) is 48.9. The number of benzene rings is 2. The number of rotatable bonds is 14. The van der Waals surface area contributed by atoms with E-state index in [1.54, 1.807) is 29.0 Å². The summed E-state index contributed by atoms with van der Waals surface area (Å²) in [7, 11) is 5.75. The summed E-state index contributed by atoms with van der Waals surface area (Å²) in [4.78, 5) is 64.0. The van der Waals surface area contributed by atoms with Gasteiger partial charge < -0.3 is 53.1 Å². The fourth-order valence-corrected chi connectivity index (χ4v) is 11.6. The number of hydrogen-bond acceptors (Lipinski definition) is 19. The Kier molecular flexibility index (Phi) is 17.1. The number of piperazine rings is 2. The van der Waals surface area contributed by atoms with Crippen LogP contribution in [0.15, 0.2) is 62.0 Å². The first-order chi connectivity index (χ1) is 40.5. The van der Waals surface area contributed by atoms with Crippen molar-refractivity contribution in [3.8, 4) is 35.3 Å². The maximum atomic E-state index is 14.7. The first kappa shape index (κ1) is 58.3. The molecule has 4 atom stereocenters. The number of methoxy groups -OCH3 is 1. The topological polar surface area (TPSA) is 234 Å². The van der Waals surface area contributed by atoms with Crippen molar-refractivity contribution in [2.75, 3.05) is 116 Å². The van der Waals surface area contributed by atoms with Crippen molar-refractivity contribution < 1.29 is 42.1 Å². The highest BCUT2D eigenvalue weighted by molar-refractivity contribution is 6.34. The van der Waals surface area contributed by atoms with E-state index in [0.29, 0.717) is 109 Å². The van der Waals surface area contributed by atoms with Crippen LogP contribution < -0.4 is 28.7 Å². The van der Waals surface area contributed by atoms with Crippen LogP contribution in [0.25, 0.3) is 43.6 Å². The monoisotopic (exact) mass is 1230 g/mol. The number of H-pyrrole nitrogens is 2. The lowest BCUT2D eigenvalue weighted by molar-refractivity contribution is -0.127. The third-order valence-corrected chi connectivity index (χ3v) is 16.2. The number of aromatic amines is 2. The first-order valence-corrected chi connectivity index (χ1v) is 28.2. The van der Waals surface area contributed by atoms with E-state index in [-0.39, 0.29) is 97.0 Å². The van der Waals surface area contributed by atoms with Gasteiger partial charge in [0.25, 0.3) is 0 Å². The molecule has 6 aromatic heterocycles. The smallest absolute Gasteiger partial charge is 0.319 e. The van der Waals surface area contributed by atoms with Gasteiger partial charge in [-0.05, 0) is 38.4 Å². The number of nitrogens with zero attached hydrogens (tertiary/aromatic N) is 14. The van der Waals surface area contributed by atoms with Gasteiger partial charge in [-0.3, -0.25) is 19.8 Å². The Balaban J connectivity index is 0.000000176. The van der Waals surface area contributed by atoms with Crippen LogP contribution in [0.3, 0.4) is 0 Å². The molecule has 0 aliphatic carbocycles. The van der Waals surface area contributed by atoms with Crippen molar-refractivity contribution in [1.29, 1.82) is 0 Å². The lowest BCUT2D eigenvalue weighted by Gasteiger charge is -2.35. The van der Waals surface area contributed by atoms with Crippen LogP contribution in [0, 0.1) is 23.5 Å². The van der Waals surface area contributed by atoms with Gasteiger partial charge in [0.2, 0.25) is 23.6 Å². The summed E-state index contributed by atoms with van der Waals surface area (Å²) in [6.07, 6.45) is 5.46. The van der Waals surface area contributed by atoms with Gasteiger partial charge in [-0.15, -0.1) is 0 Å². The van der Waals surface area contributed by atoms with E-state index >= 15 is 0 Å². The Morgan fingerprint density at radius 2 is 1.10 bits per heavy atom. The predicted octanol–water partition coefficient (Wildman–Crippen LogP) is 8.23. The van der Waals surface area contributed by atoms with E-state index in [4.69, 9.17) is 85.0 Å². The molecule has 440 valence electrons. The number of hydrogen-bond donors (Lipinski definition) is 2. The van der Waals surface area contributed by atoms with Crippen LogP contribution >= 0.6 is 46.4 Å². The van der Waals surface area contributed by atoms with Crippen LogP contribution in [0.5, 0.6) is 35.3 Å². The summed E-state index contributed by atoms with van der Waals surface area (Å²) in [5.41, 5.74) is 1.40. The molecular formula is C55H56Cl4F2N16O7. The van der Waals surface area contributed by atoms with Crippen molar-refractivity contribution >= 4 is 113 Å². The minimum Gasteiger partial charge on any atom is -0.463 e. The van der Waals surface area contributed by atoms with E-state index in [9.17, 15) is 18.4 Å². The normalized spacial score (nSPS) is 19.5. The number of carbonyl (C=O) groups excluding carboxylic acids is 2. The predicted molar refractivity (Wildman–Crippen MR) is 313 cm³/mol. The Labute approximate surface area is 499 Å².